The van der Waals surface area contributed by atoms with Crippen LogP contribution in [0.25, 0.3) is 0 Å². The maximum Gasteiger partial charge on any atom is 0.255 e. The van der Waals surface area contributed by atoms with Gasteiger partial charge in [0.1, 0.15) is 0 Å². The third-order valence-electron chi connectivity index (χ3n) is 4.12. The minimum atomic E-state index is 0.0682. The van der Waals surface area contributed by atoms with Gasteiger partial charge in [0.05, 0.1) is 18.0 Å². The summed E-state index contributed by atoms with van der Waals surface area (Å²) in [5.41, 5.74) is 2.01. The minimum absolute atomic E-state index is 0.0682. The van der Waals surface area contributed by atoms with Crippen LogP contribution in [0.2, 0.25) is 0 Å². The fourth-order valence-electron chi connectivity index (χ4n) is 2.96. The highest BCUT2D eigenvalue weighted by Crippen LogP contribution is 2.28. The highest BCUT2D eigenvalue weighted by atomic mass is 16.2. The maximum absolute atomic E-state index is 12.5. The molecule has 1 unspecified atom stereocenters. The predicted molar refractivity (Wildman–Crippen MR) is 81.0 cm³/mol. The molecule has 21 heavy (non-hydrogen) atoms. The Hall–Kier alpha value is -2.23. The highest BCUT2D eigenvalue weighted by Gasteiger charge is 2.22. The van der Waals surface area contributed by atoms with E-state index in [0.717, 1.165) is 32.4 Å². The Bertz CT molecular complexity index is 585. The molecule has 4 heteroatoms. The van der Waals surface area contributed by atoms with Crippen LogP contribution in [-0.4, -0.2) is 34.1 Å². The first kappa shape index (κ1) is 13.7. The van der Waals surface area contributed by atoms with Crippen LogP contribution in [0, 0.1) is 0 Å². The fraction of sp³-hybridized carbons (Fsp3) is 0.353. The van der Waals surface area contributed by atoms with E-state index in [9.17, 15) is 4.79 Å². The summed E-state index contributed by atoms with van der Waals surface area (Å²) >= 11 is 0. The predicted octanol–water partition coefficient (Wildman–Crippen LogP) is 2.89. The van der Waals surface area contributed by atoms with Gasteiger partial charge in [-0.1, -0.05) is 30.3 Å². The number of nitrogens with zero attached hydrogens (tertiary/aromatic N) is 3. The van der Waals surface area contributed by atoms with Crippen LogP contribution < -0.4 is 0 Å². The molecule has 0 bridgehead atoms. The molecule has 0 spiro atoms. The number of rotatable bonds is 2. The molecule has 1 saturated heterocycles. The van der Waals surface area contributed by atoms with Crippen molar-refractivity contribution in [3.8, 4) is 0 Å². The summed E-state index contributed by atoms with van der Waals surface area (Å²) in [6.07, 6.45) is 6.32. The topological polar surface area (TPSA) is 46.1 Å². The van der Waals surface area contributed by atoms with Crippen LogP contribution in [0.15, 0.2) is 48.8 Å². The van der Waals surface area contributed by atoms with Crippen LogP contribution in [0.1, 0.15) is 41.1 Å². The largest absolute Gasteiger partial charge is 0.339 e. The van der Waals surface area contributed by atoms with Crippen molar-refractivity contribution >= 4 is 5.91 Å². The molecular weight excluding hydrogens is 262 g/mol. The molecule has 1 fully saturated rings. The Labute approximate surface area is 124 Å². The first-order valence-corrected chi connectivity index (χ1v) is 7.45. The number of benzene rings is 1. The van der Waals surface area contributed by atoms with E-state index >= 15 is 0 Å². The van der Waals surface area contributed by atoms with Crippen LogP contribution >= 0.6 is 0 Å². The third kappa shape index (κ3) is 3.27. The molecule has 1 aliphatic heterocycles. The molecular formula is C17H19N3O. The summed E-state index contributed by atoms with van der Waals surface area (Å²) in [6.45, 7) is 1.63. The summed E-state index contributed by atoms with van der Waals surface area (Å²) in [5, 5.41) is 7.51. The lowest BCUT2D eigenvalue weighted by Gasteiger charge is -2.20. The summed E-state index contributed by atoms with van der Waals surface area (Å²) < 4.78 is 0. The van der Waals surface area contributed by atoms with E-state index in [1.54, 1.807) is 18.5 Å². The van der Waals surface area contributed by atoms with E-state index in [2.05, 4.69) is 34.5 Å². The Morgan fingerprint density at radius 2 is 1.90 bits per heavy atom. The Balaban J connectivity index is 1.67. The van der Waals surface area contributed by atoms with Gasteiger partial charge in [0.25, 0.3) is 5.91 Å². The number of amides is 1. The quantitative estimate of drug-likeness (QED) is 0.850. The summed E-state index contributed by atoms with van der Waals surface area (Å²) in [5.74, 6) is 0.623. The average molecular weight is 281 g/mol. The zero-order valence-corrected chi connectivity index (χ0v) is 12.0. The van der Waals surface area contributed by atoms with Crippen molar-refractivity contribution in [2.45, 2.75) is 25.2 Å². The van der Waals surface area contributed by atoms with Crippen LogP contribution in [0.5, 0.6) is 0 Å². The molecule has 0 radical (unpaired) electrons. The molecule has 3 rings (SSSR count). The van der Waals surface area contributed by atoms with Gasteiger partial charge in [-0.15, -0.1) is 0 Å². The molecule has 2 aromatic rings. The normalized spacial score (nSPS) is 19.0. The van der Waals surface area contributed by atoms with Gasteiger partial charge < -0.3 is 4.90 Å². The number of aromatic nitrogens is 2. The fourth-order valence-corrected chi connectivity index (χ4v) is 2.96. The van der Waals surface area contributed by atoms with Gasteiger partial charge in [0, 0.05) is 13.1 Å². The smallest absolute Gasteiger partial charge is 0.255 e. The van der Waals surface area contributed by atoms with Gasteiger partial charge in [0.15, 0.2) is 0 Å². The molecule has 1 aromatic carbocycles. The van der Waals surface area contributed by atoms with E-state index in [-0.39, 0.29) is 5.91 Å². The molecule has 0 N–H and O–H groups in total. The van der Waals surface area contributed by atoms with E-state index in [4.69, 9.17) is 0 Å². The van der Waals surface area contributed by atoms with E-state index in [0.29, 0.717) is 11.5 Å². The van der Waals surface area contributed by atoms with E-state index < -0.39 is 0 Å². The summed E-state index contributed by atoms with van der Waals surface area (Å²) in [7, 11) is 0. The van der Waals surface area contributed by atoms with Gasteiger partial charge in [-0.25, -0.2) is 0 Å². The Morgan fingerprint density at radius 1 is 1.05 bits per heavy atom. The van der Waals surface area contributed by atoms with Gasteiger partial charge in [-0.2, -0.15) is 10.2 Å². The molecule has 4 nitrogen and oxygen atoms in total. The Kier molecular flexibility index (Phi) is 4.24. The van der Waals surface area contributed by atoms with Crippen LogP contribution in [-0.2, 0) is 0 Å². The molecule has 2 heterocycles. The van der Waals surface area contributed by atoms with E-state index in [1.165, 1.54) is 5.56 Å². The number of hydrogen-bond donors (Lipinski definition) is 0. The first-order valence-electron chi connectivity index (χ1n) is 7.45. The molecule has 1 aliphatic rings. The highest BCUT2D eigenvalue weighted by molar-refractivity contribution is 5.93. The van der Waals surface area contributed by atoms with Gasteiger partial charge in [0.2, 0.25) is 0 Å². The number of likely N-dealkylation sites (tertiary alicyclic amines) is 1. The van der Waals surface area contributed by atoms with Crippen molar-refractivity contribution < 1.29 is 4.79 Å². The molecule has 1 amide bonds. The molecule has 0 aliphatic carbocycles. The van der Waals surface area contributed by atoms with Crippen molar-refractivity contribution in [1.29, 1.82) is 0 Å². The molecule has 108 valence electrons. The van der Waals surface area contributed by atoms with Crippen molar-refractivity contribution in [2.24, 2.45) is 0 Å². The SMILES string of the molecule is O=C(c1ccnnc1)N1CCCC(c2ccccc2)CC1. The monoisotopic (exact) mass is 281 g/mol. The lowest BCUT2D eigenvalue weighted by atomic mass is 9.92. The van der Waals surface area contributed by atoms with Crippen molar-refractivity contribution in [1.82, 2.24) is 15.1 Å². The number of carbonyl (C=O) groups excluding carboxylic acids is 1. The Morgan fingerprint density at radius 3 is 2.67 bits per heavy atom. The van der Waals surface area contributed by atoms with Gasteiger partial charge in [-0.05, 0) is 36.8 Å². The number of carbonyl (C=O) groups is 1. The second-order valence-electron chi connectivity index (χ2n) is 5.46. The lowest BCUT2D eigenvalue weighted by Crippen LogP contribution is -2.32. The van der Waals surface area contributed by atoms with Gasteiger partial charge in [-0.3, -0.25) is 4.79 Å². The minimum Gasteiger partial charge on any atom is -0.339 e. The third-order valence-corrected chi connectivity index (χ3v) is 4.12. The number of hydrogen-bond acceptors (Lipinski definition) is 3. The summed E-state index contributed by atoms with van der Waals surface area (Å²) in [4.78, 5) is 14.4. The van der Waals surface area contributed by atoms with E-state index in [1.807, 2.05) is 11.0 Å². The second-order valence-corrected chi connectivity index (χ2v) is 5.46. The second kappa shape index (κ2) is 6.48. The van der Waals surface area contributed by atoms with Gasteiger partial charge >= 0.3 is 0 Å². The zero-order valence-electron chi connectivity index (χ0n) is 12.0. The van der Waals surface area contributed by atoms with Crippen molar-refractivity contribution in [2.75, 3.05) is 13.1 Å². The lowest BCUT2D eigenvalue weighted by molar-refractivity contribution is 0.0760. The van der Waals surface area contributed by atoms with Crippen LogP contribution in [0.3, 0.4) is 0 Å². The maximum atomic E-state index is 12.5. The van der Waals surface area contributed by atoms with Crippen LogP contribution in [0.4, 0.5) is 0 Å². The summed E-state index contributed by atoms with van der Waals surface area (Å²) in [6, 6.07) is 12.3. The standard InChI is InChI=1S/C17H19N3O/c21-17(16-8-10-18-19-13-16)20-11-4-7-15(9-12-20)14-5-2-1-3-6-14/h1-3,5-6,8,10,13,15H,4,7,9,11-12H2. The molecule has 0 saturated carbocycles. The van der Waals surface area contributed by atoms with Crippen molar-refractivity contribution in [3.05, 3.63) is 59.9 Å². The van der Waals surface area contributed by atoms with Crippen molar-refractivity contribution in [3.63, 3.8) is 0 Å². The zero-order chi connectivity index (χ0) is 14.5. The molecule has 1 aromatic heterocycles. The molecule has 1 atom stereocenters. The average Bonchev–Trinajstić information content (AvgIpc) is 2.82. The first-order chi connectivity index (χ1) is 10.3.